The van der Waals surface area contributed by atoms with Crippen molar-refractivity contribution in [3.8, 4) is 17.0 Å². The number of nitrogens with one attached hydrogen (secondary N) is 1. The first-order valence-corrected chi connectivity index (χ1v) is 14.7. The smallest absolute Gasteiger partial charge is 0.389 e. The molecule has 1 unspecified atom stereocenters. The molecule has 0 aliphatic rings. The Kier molecular flexibility index (Phi) is 10.8. The van der Waals surface area contributed by atoms with E-state index < -0.39 is 33.9 Å². The number of ether oxygens (including phenoxy) is 1. The van der Waals surface area contributed by atoms with E-state index in [-0.39, 0.29) is 43.7 Å². The molecule has 0 radical (unpaired) electrons. The molecule has 0 aliphatic carbocycles. The van der Waals surface area contributed by atoms with Gasteiger partial charge in [-0.25, -0.2) is 8.42 Å². The molecule has 214 valence electrons. The summed E-state index contributed by atoms with van der Waals surface area (Å²) in [5.74, 6) is -0.0608. The number of benzene rings is 1. The van der Waals surface area contributed by atoms with Crippen LogP contribution < -0.4 is 10.1 Å². The Hall–Kier alpha value is -2.60. The number of amides is 1. The number of aliphatic hydroxyl groups is 1. The third kappa shape index (κ3) is 9.00. The Morgan fingerprint density at radius 2 is 1.87 bits per heavy atom. The van der Waals surface area contributed by atoms with Gasteiger partial charge in [0.2, 0.25) is 0 Å². The number of methoxy groups -OCH3 is 1. The van der Waals surface area contributed by atoms with Gasteiger partial charge >= 0.3 is 6.18 Å². The van der Waals surface area contributed by atoms with E-state index in [0.29, 0.717) is 41.1 Å². The number of hydrogen-bond donors (Lipinski definition) is 2. The normalized spacial score (nSPS) is 13.8. The summed E-state index contributed by atoms with van der Waals surface area (Å²) < 4.78 is 67.6. The Morgan fingerprint density at radius 3 is 2.42 bits per heavy atom. The van der Waals surface area contributed by atoms with Crippen LogP contribution in [0.2, 0.25) is 0 Å². The van der Waals surface area contributed by atoms with Gasteiger partial charge in [-0.3, -0.25) is 9.48 Å². The molecular weight excluding hydrogens is 523 g/mol. The SMILES string of the molecule is CCn1nc(C(=O)NCC(O)(CC)CCCS(C)(=O)=O)c(C)c1-c1ccc(CCCC(F)(F)F)cc1OC. The molecule has 0 fully saturated rings. The number of carbonyl (C=O) groups excluding carboxylic acids is 1. The largest absolute Gasteiger partial charge is 0.496 e. The van der Waals surface area contributed by atoms with Gasteiger partial charge in [0.25, 0.3) is 5.91 Å². The van der Waals surface area contributed by atoms with E-state index in [9.17, 15) is 31.5 Å². The zero-order valence-electron chi connectivity index (χ0n) is 22.6. The van der Waals surface area contributed by atoms with Crippen LogP contribution in [0.25, 0.3) is 11.3 Å². The van der Waals surface area contributed by atoms with Crippen LogP contribution in [0.15, 0.2) is 18.2 Å². The van der Waals surface area contributed by atoms with E-state index in [1.165, 1.54) is 7.11 Å². The molecule has 2 rings (SSSR count). The van der Waals surface area contributed by atoms with Crippen LogP contribution in [-0.2, 0) is 22.8 Å². The minimum absolute atomic E-state index is 0.0272. The second kappa shape index (κ2) is 13.0. The zero-order valence-corrected chi connectivity index (χ0v) is 23.4. The van der Waals surface area contributed by atoms with Crippen molar-refractivity contribution in [2.45, 2.75) is 77.6 Å². The van der Waals surface area contributed by atoms with Crippen LogP contribution in [-0.4, -0.2) is 66.7 Å². The van der Waals surface area contributed by atoms with Crippen molar-refractivity contribution in [2.24, 2.45) is 0 Å². The maximum atomic E-state index is 13.1. The Balaban J connectivity index is 2.24. The zero-order chi connectivity index (χ0) is 28.7. The average molecular weight is 562 g/mol. The van der Waals surface area contributed by atoms with Crippen molar-refractivity contribution in [3.63, 3.8) is 0 Å². The van der Waals surface area contributed by atoms with Crippen molar-refractivity contribution in [1.29, 1.82) is 0 Å². The van der Waals surface area contributed by atoms with Crippen LogP contribution in [0, 0.1) is 6.92 Å². The molecule has 0 bridgehead atoms. The van der Waals surface area contributed by atoms with Crippen molar-refractivity contribution in [3.05, 3.63) is 35.0 Å². The summed E-state index contributed by atoms with van der Waals surface area (Å²) in [6.07, 6.45) is -2.87. The highest BCUT2D eigenvalue weighted by Gasteiger charge is 2.29. The summed E-state index contributed by atoms with van der Waals surface area (Å²) in [5, 5.41) is 18.0. The lowest BCUT2D eigenvalue weighted by Gasteiger charge is -2.27. The van der Waals surface area contributed by atoms with E-state index in [1.807, 2.05) is 6.92 Å². The first kappa shape index (κ1) is 31.6. The van der Waals surface area contributed by atoms with Crippen LogP contribution in [0.3, 0.4) is 0 Å². The van der Waals surface area contributed by atoms with E-state index in [1.54, 1.807) is 36.7 Å². The quantitative estimate of drug-likeness (QED) is 0.352. The minimum Gasteiger partial charge on any atom is -0.496 e. The number of carbonyl (C=O) groups is 1. The van der Waals surface area contributed by atoms with Gasteiger partial charge in [-0.05, 0) is 63.6 Å². The molecule has 1 heterocycles. The molecule has 0 spiro atoms. The molecule has 0 saturated carbocycles. The molecule has 1 amide bonds. The molecule has 1 aromatic heterocycles. The highest BCUT2D eigenvalue weighted by Crippen LogP contribution is 2.35. The van der Waals surface area contributed by atoms with Gasteiger partial charge in [-0.15, -0.1) is 0 Å². The van der Waals surface area contributed by atoms with Crippen molar-refractivity contribution in [1.82, 2.24) is 15.1 Å². The van der Waals surface area contributed by atoms with E-state index >= 15 is 0 Å². The number of nitrogens with zero attached hydrogens (tertiary/aromatic N) is 2. The number of aryl methyl sites for hydroxylation is 2. The summed E-state index contributed by atoms with van der Waals surface area (Å²) in [6, 6.07) is 5.21. The van der Waals surface area contributed by atoms with Crippen molar-refractivity contribution >= 4 is 15.7 Å². The summed E-state index contributed by atoms with van der Waals surface area (Å²) in [5.41, 5.74) is 1.52. The van der Waals surface area contributed by atoms with Gasteiger partial charge in [0.15, 0.2) is 5.69 Å². The Morgan fingerprint density at radius 1 is 1.18 bits per heavy atom. The number of hydrogen-bond acceptors (Lipinski definition) is 6. The number of alkyl halides is 3. The molecule has 1 aromatic carbocycles. The predicted molar refractivity (Wildman–Crippen MR) is 140 cm³/mol. The standard InChI is InChI=1S/C26H38F3N3O5S/c1-6-25(34,13-9-15-38(5,35)36)17-30-24(33)22-18(3)23(32(7-2)31-22)20-12-11-19(16-21(20)37-4)10-8-14-26(27,28)29/h11-12,16,34H,6-10,13-15,17H2,1-5H3,(H,30,33). The van der Waals surface area contributed by atoms with E-state index in [2.05, 4.69) is 10.4 Å². The van der Waals surface area contributed by atoms with Crippen LogP contribution in [0.1, 0.15) is 67.6 Å². The lowest BCUT2D eigenvalue weighted by molar-refractivity contribution is -0.135. The fraction of sp³-hybridized carbons (Fsp3) is 0.615. The fourth-order valence-corrected chi connectivity index (χ4v) is 4.97. The average Bonchev–Trinajstić information content (AvgIpc) is 3.16. The molecule has 8 nitrogen and oxygen atoms in total. The number of sulfone groups is 1. The fourth-order valence-electron chi connectivity index (χ4n) is 4.30. The third-order valence-corrected chi connectivity index (χ3v) is 7.57. The monoisotopic (exact) mass is 561 g/mol. The number of halogens is 3. The molecular formula is C26H38F3N3O5S. The molecule has 38 heavy (non-hydrogen) atoms. The third-order valence-electron chi connectivity index (χ3n) is 6.54. The van der Waals surface area contributed by atoms with Crippen molar-refractivity contribution in [2.75, 3.05) is 25.7 Å². The van der Waals surface area contributed by atoms with Gasteiger partial charge in [-0.1, -0.05) is 13.0 Å². The van der Waals surface area contributed by atoms with Gasteiger partial charge in [0.1, 0.15) is 15.6 Å². The van der Waals surface area contributed by atoms with E-state index in [4.69, 9.17) is 4.74 Å². The second-order valence-corrected chi connectivity index (χ2v) is 11.9. The topological polar surface area (TPSA) is 111 Å². The van der Waals surface area contributed by atoms with Gasteiger partial charge in [0, 0.05) is 42.6 Å². The van der Waals surface area contributed by atoms with Crippen molar-refractivity contribution < 1.29 is 36.2 Å². The second-order valence-electron chi connectivity index (χ2n) is 9.64. The van der Waals surface area contributed by atoms with Crippen LogP contribution in [0.5, 0.6) is 5.75 Å². The minimum atomic E-state index is -4.20. The van der Waals surface area contributed by atoms with Gasteiger partial charge in [0.05, 0.1) is 18.4 Å². The number of rotatable bonds is 14. The summed E-state index contributed by atoms with van der Waals surface area (Å²) in [7, 11) is -1.68. The predicted octanol–water partition coefficient (Wildman–Crippen LogP) is 4.47. The van der Waals surface area contributed by atoms with Crippen LogP contribution in [0.4, 0.5) is 13.2 Å². The van der Waals surface area contributed by atoms with Gasteiger partial charge in [-0.2, -0.15) is 18.3 Å². The highest BCUT2D eigenvalue weighted by atomic mass is 32.2. The van der Waals surface area contributed by atoms with Gasteiger partial charge < -0.3 is 15.2 Å². The molecule has 0 saturated heterocycles. The van der Waals surface area contributed by atoms with Crippen LogP contribution >= 0.6 is 0 Å². The molecule has 1 atom stereocenters. The molecule has 2 aromatic rings. The Labute approximate surface area is 222 Å². The summed E-state index contributed by atoms with van der Waals surface area (Å²) in [6.45, 7) is 5.77. The molecule has 2 N–H and O–H groups in total. The number of aromatic nitrogens is 2. The lowest BCUT2D eigenvalue weighted by Crippen LogP contribution is -2.43. The highest BCUT2D eigenvalue weighted by molar-refractivity contribution is 7.90. The first-order valence-electron chi connectivity index (χ1n) is 12.6. The maximum absolute atomic E-state index is 13.1. The molecule has 0 aliphatic heterocycles. The Bertz CT molecular complexity index is 1210. The summed E-state index contributed by atoms with van der Waals surface area (Å²) >= 11 is 0. The maximum Gasteiger partial charge on any atom is 0.389 e. The summed E-state index contributed by atoms with van der Waals surface area (Å²) in [4.78, 5) is 13.1. The lowest BCUT2D eigenvalue weighted by atomic mass is 9.95. The molecule has 12 heteroatoms. The van der Waals surface area contributed by atoms with E-state index in [0.717, 1.165) is 6.26 Å². The first-order chi connectivity index (χ1) is 17.6.